The molecule has 0 aliphatic rings. The molecule has 0 fully saturated rings. The van der Waals surface area contributed by atoms with Crippen molar-refractivity contribution >= 4 is 13.7 Å². The summed E-state index contributed by atoms with van der Waals surface area (Å²) in [6.07, 6.45) is 64.3. The van der Waals surface area contributed by atoms with Crippen LogP contribution in [0.5, 0.6) is 0 Å². The van der Waals surface area contributed by atoms with Gasteiger partial charge in [-0.15, -0.1) is 0 Å². The van der Waals surface area contributed by atoms with Crippen molar-refractivity contribution in [2.24, 2.45) is 0 Å². The number of quaternary nitrogens is 1. The number of likely N-dealkylation sites (N-methyl/N-ethyl adjacent to an activating group) is 1. The molecule has 0 aliphatic heterocycles. The molecule has 404 valence electrons. The third-order valence-corrected chi connectivity index (χ3v) is 14.7. The highest BCUT2D eigenvalue weighted by Gasteiger charge is 2.27. The van der Waals surface area contributed by atoms with Gasteiger partial charge in [0.2, 0.25) is 5.91 Å². The Kier molecular flexibility index (Phi) is 50.1. The predicted molar refractivity (Wildman–Crippen MR) is 295 cm³/mol. The zero-order valence-corrected chi connectivity index (χ0v) is 47.0. The maximum absolute atomic E-state index is 13.0. The van der Waals surface area contributed by atoms with Crippen LogP contribution in [0.3, 0.4) is 0 Å². The van der Waals surface area contributed by atoms with E-state index in [1.807, 2.05) is 27.2 Å². The summed E-state index contributed by atoms with van der Waals surface area (Å²) in [7, 11) is 1.57. The maximum atomic E-state index is 13.0. The summed E-state index contributed by atoms with van der Waals surface area (Å²) in [6, 6.07) is -0.860. The van der Waals surface area contributed by atoms with Crippen LogP contribution in [-0.4, -0.2) is 73.4 Å². The monoisotopic (exact) mass is 982 g/mol. The molecule has 68 heavy (non-hydrogen) atoms. The number of allylic oxidation sites excluding steroid dienone is 3. The summed E-state index contributed by atoms with van der Waals surface area (Å²) < 4.78 is 23.7. The second kappa shape index (κ2) is 50.9. The topological polar surface area (TPSA) is 105 Å². The summed E-state index contributed by atoms with van der Waals surface area (Å²) in [5.74, 6) is -0.180. The Morgan fingerprint density at radius 2 is 0.809 bits per heavy atom. The molecule has 1 amide bonds. The van der Waals surface area contributed by atoms with Gasteiger partial charge in [-0.1, -0.05) is 282 Å². The highest BCUT2D eigenvalue weighted by atomic mass is 31.2. The Hall–Kier alpha value is -1.02. The van der Waals surface area contributed by atoms with Gasteiger partial charge in [-0.05, 0) is 32.1 Å². The molecule has 0 aromatic heterocycles. The van der Waals surface area contributed by atoms with E-state index in [-0.39, 0.29) is 19.1 Å². The molecule has 0 bridgehead atoms. The number of aliphatic hydroxyl groups is 1. The van der Waals surface area contributed by atoms with Gasteiger partial charge in [-0.3, -0.25) is 13.8 Å². The number of phosphoric ester groups is 1. The van der Waals surface area contributed by atoms with Gasteiger partial charge in [0.1, 0.15) is 13.2 Å². The molecular formula is C59H118N2O6P+. The smallest absolute Gasteiger partial charge is 0.387 e. The van der Waals surface area contributed by atoms with Gasteiger partial charge in [0.05, 0.1) is 39.9 Å². The number of rotatable bonds is 55. The number of carbonyl (C=O) groups excluding carboxylic acids is 1. The number of hydrogen-bond donors (Lipinski definition) is 3. The fourth-order valence-corrected chi connectivity index (χ4v) is 9.74. The lowest BCUT2D eigenvalue weighted by molar-refractivity contribution is -0.870. The van der Waals surface area contributed by atoms with Crippen molar-refractivity contribution in [1.29, 1.82) is 0 Å². The van der Waals surface area contributed by atoms with Crippen LogP contribution in [0.4, 0.5) is 0 Å². The zero-order valence-electron chi connectivity index (χ0n) is 46.1. The molecule has 8 nitrogen and oxygen atoms in total. The molecule has 0 rings (SSSR count). The van der Waals surface area contributed by atoms with E-state index in [1.54, 1.807) is 6.08 Å². The molecule has 0 aromatic carbocycles. The van der Waals surface area contributed by atoms with Crippen LogP contribution < -0.4 is 5.32 Å². The normalized spacial score (nSPS) is 14.0. The highest BCUT2D eigenvalue weighted by Crippen LogP contribution is 2.43. The standard InChI is InChI=1S/C59H117N2O6P/c1-6-8-10-12-14-16-18-20-22-24-26-28-30-31-32-34-36-38-40-42-44-46-48-50-52-58(62)57(56-67-68(64,65)66-55-54-61(3,4)5)60-59(63)53-51-49-47-45-43-41-39-37-35-33-29-27-25-23-21-19-17-15-13-11-9-7-2/h42,44,50,52,57-58,62H,6-41,43,45-49,51,53-56H2,1-5H3,(H-,60,63,64,65)/p+1/b44-42+,52-50+. The Labute approximate surface area is 424 Å². The highest BCUT2D eigenvalue weighted by molar-refractivity contribution is 7.47. The first-order valence-electron chi connectivity index (χ1n) is 29.7. The van der Waals surface area contributed by atoms with Crippen LogP contribution in [-0.2, 0) is 18.4 Å². The second-order valence-electron chi connectivity index (χ2n) is 21.7. The summed E-state index contributed by atoms with van der Waals surface area (Å²) in [6.45, 7) is 4.85. The van der Waals surface area contributed by atoms with Gasteiger partial charge < -0.3 is 19.8 Å². The average molecular weight is 983 g/mol. The van der Waals surface area contributed by atoms with E-state index in [0.29, 0.717) is 17.4 Å². The molecule has 0 saturated heterocycles. The number of amides is 1. The van der Waals surface area contributed by atoms with Crippen LogP contribution in [0, 0.1) is 0 Å². The van der Waals surface area contributed by atoms with E-state index in [2.05, 4.69) is 31.3 Å². The zero-order chi connectivity index (χ0) is 49.9. The molecule has 0 radical (unpaired) electrons. The van der Waals surface area contributed by atoms with Gasteiger partial charge in [0.25, 0.3) is 0 Å². The van der Waals surface area contributed by atoms with Crippen LogP contribution in [0.15, 0.2) is 24.3 Å². The summed E-state index contributed by atoms with van der Waals surface area (Å²) >= 11 is 0. The Bertz CT molecular complexity index is 1160. The molecule has 0 spiro atoms. The number of phosphoric acid groups is 1. The fraction of sp³-hybridized carbons (Fsp3) is 0.915. The number of nitrogens with zero attached hydrogens (tertiary/aromatic N) is 1. The van der Waals surface area contributed by atoms with E-state index in [0.717, 1.165) is 38.5 Å². The minimum Gasteiger partial charge on any atom is -0.387 e. The van der Waals surface area contributed by atoms with Gasteiger partial charge in [-0.25, -0.2) is 4.57 Å². The van der Waals surface area contributed by atoms with E-state index < -0.39 is 20.0 Å². The average Bonchev–Trinajstić information content (AvgIpc) is 3.30. The lowest BCUT2D eigenvalue weighted by Crippen LogP contribution is -2.45. The van der Waals surface area contributed by atoms with Crippen LogP contribution in [0.25, 0.3) is 0 Å². The third-order valence-electron chi connectivity index (χ3n) is 13.7. The number of nitrogens with one attached hydrogen (secondary N) is 1. The third kappa shape index (κ3) is 52.8. The van der Waals surface area contributed by atoms with Crippen molar-refractivity contribution in [3.05, 3.63) is 24.3 Å². The van der Waals surface area contributed by atoms with Crippen molar-refractivity contribution in [3.8, 4) is 0 Å². The van der Waals surface area contributed by atoms with Crippen molar-refractivity contribution in [3.63, 3.8) is 0 Å². The Morgan fingerprint density at radius 1 is 0.485 bits per heavy atom. The van der Waals surface area contributed by atoms with Crippen molar-refractivity contribution in [2.45, 2.75) is 309 Å². The number of unbranched alkanes of at least 4 members (excludes halogenated alkanes) is 40. The van der Waals surface area contributed by atoms with Crippen molar-refractivity contribution < 1.29 is 32.9 Å². The van der Waals surface area contributed by atoms with Crippen molar-refractivity contribution in [2.75, 3.05) is 40.9 Å². The first-order valence-corrected chi connectivity index (χ1v) is 31.2. The quantitative estimate of drug-likeness (QED) is 0.0243. The lowest BCUT2D eigenvalue weighted by atomic mass is 10.0. The van der Waals surface area contributed by atoms with Crippen molar-refractivity contribution in [1.82, 2.24) is 5.32 Å². The summed E-state index contributed by atoms with van der Waals surface area (Å²) in [5.41, 5.74) is 0. The molecule has 0 heterocycles. The SMILES string of the molecule is CCCCCCCCCCCCCCCCCCCC/C=C/CC/C=C/C(O)C(COP(=O)(O)OCC[N+](C)(C)C)NC(=O)CCCCCCCCCCCCCCCCCCCCCCCC. The lowest BCUT2D eigenvalue weighted by Gasteiger charge is -2.25. The Balaban J connectivity index is 4.21. The summed E-state index contributed by atoms with van der Waals surface area (Å²) in [5, 5.41) is 13.9. The number of aliphatic hydroxyl groups excluding tert-OH is 1. The molecule has 3 unspecified atom stereocenters. The van der Waals surface area contributed by atoms with Gasteiger partial charge in [0.15, 0.2) is 0 Å². The number of carbonyl (C=O) groups is 1. The second-order valence-corrected chi connectivity index (χ2v) is 23.2. The Morgan fingerprint density at radius 3 is 1.18 bits per heavy atom. The summed E-state index contributed by atoms with van der Waals surface area (Å²) in [4.78, 5) is 23.3. The molecule has 3 atom stereocenters. The fourth-order valence-electron chi connectivity index (χ4n) is 9.00. The van der Waals surface area contributed by atoms with Crippen LogP contribution in [0.2, 0.25) is 0 Å². The minimum absolute atomic E-state index is 0.0589. The maximum Gasteiger partial charge on any atom is 0.472 e. The first-order chi connectivity index (χ1) is 33.0. The molecule has 0 saturated carbocycles. The largest absolute Gasteiger partial charge is 0.472 e. The molecule has 0 aliphatic carbocycles. The van der Waals surface area contributed by atoms with Crippen LogP contribution >= 0.6 is 7.82 Å². The first kappa shape index (κ1) is 67.0. The van der Waals surface area contributed by atoms with E-state index in [4.69, 9.17) is 9.05 Å². The van der Waals surface area contributed by atoms with E-state index in [9.17, 15) is 19.4 Å². The number of hydrogen-bond acceptors (Lipinski definition) is 5. The minimum atomic E-state index is -4.35. The molecular weight excluding hydrogens is 864 g/mol. The van der Waals surface area contributed by atoms with Gasteiger partial charge >= 0.3 is 7.82 Å². The van der Waals surface area contributed by atoms with E-state index >= 15 is 0 Å². The van der Waals surface area contributed by atoms with Gasteiger partial charge in [-0.2, -0.15) is 0 Å². The predicted octanol–water partition coefficient (Wildman–Crippen LogP) is 18.0. The van der Waals surface area contributed by atoms with Gasteiger partial charge in [0, 0.05) is 6.42 Å². The molecule has 3 N–H and O–H groups in total. The van der Waals surface area contributed by atoms with E-state index in [1.165, 1.54) is 238 Å². The van der Waals surface area contributed by atoms with Crippen LogP contribution in [0.1, 0.15) is 296 Å². The molecule has 9 heteroatoms. The molecule has 0 aromatic rings.